The lowest BCUT2D eigenvalue weighted by molar-refractivity contribution is 0.669. The molecule has 286 valence electrons. The van der Waals surface area contributed by atoms with E-state index >= 15 is 0 Å². The van der Waals surface area contributed by atoms with Crippen LogP contribution in [0.25, 0.3) is 97.4 Å². The molecule has 0 atom stereocenters. The van der Waals surface area contributed by atoms with Crippen LogP contribution in [0.5, 0.6) is 0 Å². The minimum Gasteiger partial charge on any atom is -0.456 e. The van der Waals surface area contributed by atoms with Crippen molar-refractivity contribution in [1.29, 1.82) is 0 Å². The summed E-state index contributed by atoms with van der Waals surface area (Å²) in [5.41, 5.74) is 14.6. The number of furan rings is 1. The Hall–Kier alpha value is -7.72. The normalized spacial score (nSPS) is 11.6. The van der Waals surface area contributed by atoms with Gasteiger partial charge in [0.15, 0.2) is 0 Å². The average molecular weight is 796 g/mol. The van der Waals surface area contributed by atoms with Crippen LogP contribution in [0.3, 0.4) is 0 Å². The lowest BCUT2D eigenvalue weighted by atomic mass is 9.90. The zero-order chi connectivity index (χ0) is 40.3. The van der Waals surface area contributed by atoms with E-state index in [1.54, 1.807) is 0 Å². The number of rotatable bonds is 7. The summed E-state index contributed by atoms with van der Waals surface area (Å²) in [5.74, 6) is 0. The number of hydrogen-bond donors (Lipinski definition) is 0. The summed E-state index contributed by atoms with van der Waals surface area (Å²) in [4.78, 5) is 2.42. The Balaban J connectivity index is 1.02. The SMILES string of the molecule is c1ccc(-c2cccc3cccc(-c4ccccc4N(c4ccc(-c5ccc6oc7ccccc7c6c5)cc4)c4ccc(-c5cccc6sc7ccccc7c56)cc4)c23)cc1. The highest BCUT2D eigenvalue weighted by molar-refractivity contribution is 7.25. The number of hydrogen-bond acceptors (Lipinski definition) is 3. The molecule has 2 nitrogen and oxygen atoms in total. The monoisotopic (exact) mass is 795 g/mol. The van der Waals surface area contributed by atoms with Crippen LogP contribution in [0.4, 0.5) is 17.1 Å². The smallest absolute Gasteiger partial charge is 0.135 e. The first-order valence-electron chi connectivity index (χ1n) is 20.7. The Kier molecular flexibility index (Phi) is 8.39. The molecule has 12 aromatic rings. The van der Waals surface area contributed by atoms with E-state index in [9.17, 15) is 0 Å². The first-order valence-corrected chi connectivity index (χ1v) is 21.6. The van der Waals surface area contributed by atoms with Gasteiger partial charge < -0.3 is 9.32 Å². The minimum atomic E-state index is 0.903. The van der Waals surface area contributed by atoms with E-state index in [0.717, 1.165) is 55.7 Å². The van der Waals surface area contributed by atoms with Crippen molar-refractivity contribution in [2.75, 3.05) is 4.90 Å². The van der Waals surface area contributed by atoms with Gasteiger partial charge in [-0.2, -0.15) is 0 Å². The van der Waals surface area contributed by atoms with E-state index in [0.29, 0.717) is 0 Å². The fourth-order valence-corrected chi connectivity index (χ4v) is 10.4. The molecule has 3 heteroatoms. The summed E-state index contributed by atoms with van der Waals surface area (Å²) in [6, 6.07) is 81.3. The summed E-state index contributed by atoms with van der Waals surface area (Å²) < 4.78 is 8.79. The third kappa shape index (κ3) is 6.01. The summed E-state index contributed by atoms with van der Waals surface area (Å²) in [6.07, 6.45) is 0. The summed E-state index contributed by atoms with van der Waals surface area (Å²) in [7, 11) is 0. The molecular formula is C58H37NOS. The first-order chi connectivity index (χ1) is 30.2. The maximum atomic E-state index is 6.16. The standard InChI is InChI=1S/C58H37NOS/c1-2-13-39(14-3-1)45-20-10-15-41-16-11-22-49(57(41)45)47-17-4-7-23-52(47)59(43-32-27-38(28-33-43)42-31-36-54-51(37-42)48-18-5-8-24-53(48)60-54)44-34-29-40(30-35-44)46-21-12-26-56-58(46)50-19-6-9-25-55(50)61-56/h1-37H. The lowest BCUT2D eigenvalue weighted by Crippen LogP contribution is -2.11. The molecule has 0 N–H and O–H groups in total. The maximum Gasteiger partial charge on any atom is 0.135 e. The van der Waals surface area contributed by atoms with E-state index in [1.807, 2.05) is 23.5 Å². The van der Waals surface area contributed by atoms with Gasteiger partial charge in [0.1, 0.15) is 11.2 Å². The molecule has 2 aromatic heterocycles. The lowest BCUT2D eigenvalue weighted by Gasteiger charge is -2.29. The molecule has 12 rings (SSSR count). The van der Waals surface area contributed by atoms with Gasteiger partial charge in [0.2, 0.25) is 0 Å². The van der Waals surface area contributed by atoms with Crippen LogP contribution in [-0.2, 0) is 0 Å². The van der Waals surface area contributed by atoms with Crippen molar-refractivity contribution >= 4 is 81.3 Å². The highest BCUT2D eigenvalue weighted by Crippen LogP contribution is 2.46. The zero-order valence-electron chi connectivity index (χ0n) is 33.1. The van der Waals surface area contributed by atoms with Gasteiger partial charge in [0.25, 0.3) is 0 Å². The Morgan fingerprint density at radius 3 is 1.69 bits per heavy atom. The molecule has 0 spiro atoms. The number of thiophene rings is 1. The largest absolute Gasteiger partial charge is 0.456 e. The van der Waals surface area contributed by atoms with Crippen LogP contribution in [0.15, 0.2) is 229 Å². The molecule has 0 radical (unpaired) electrons. The Bertz CT molecular complexity index is 3570. The molecule has 0 amide bonds. The Morgan fingerprint density at radius 2 is 0.885 bits per heavy atom. The molecule has 0 saturated carbocycles. The zero-order valence-corrected chi connectivity index (χ0v) is 33.9. The van der Waals surface area contributed by atoms with E-state index in [1.165, 1.54) is 58.8 Å². The van der Waals surface area contributed by atoms with Crippen molar-refractivity contribution in [3.05, 3.63) is 224 Å². The number of anilines is 3. The quantitative estimate of drug-likeness (QED) is 0.160. The van der Waals surface area contributed by atoms with Crippen LogP contribution in [0, 0.1) is 0 Å². The van der Waals surface area contributed by atoms with E-state index in [4.69, 9.17) is 4.42 Å². The van der Waals surface area contributed by atoms with Crippen molar-refractivity contribution in [2.45, 2.75) is 0 Å². The molecule has 0 saturated heterocycles. The van der Waals surface area contributed by atoms with Gasteiger partial charge in [-0.3, -0.25) is 0 Å². The van der Waals surface area contributed by atoms with Crippen molar-refractivity contribution in [3.63, 3.8) is 0 Å². The van der Waals surface area contributed by atoms with Crippen molar-refractivity contribution in [1.82, 2.24) is 0 Å². The van der Waals surface area contributed by atoms with Crippen LogP contribution >= 0.6 is 11.3 Å². The van der Waals surface area contributed by atoms with Gasteiger partial charge in [-0.1, -0.05) is 164 Å². The number of benzene rings is 10. The molecule has 0 aliphatic rings. The van der Waals surface area contributed by atoms with Crippen molar-refractivity contribution in [3.8, 4) is 44.5 Å². The van der Waals surface area contributed by atoms with Crippen LogP contribution in [-0.4, -0.2) is 0 Å². The third-order valence-corrected chi connectivity index (χ3v) is 13.2. The topological polar surface area (TPSA) is 16.4 Å². The average Bonchev–Trinajstić information content (AvgIpc) is 3.91. The molecule has 61 heavy (non-hydrogen) atoms. The highest BCUT2D eigenvalue weighted by atomic mass is 32.1. The van der Waals surface area contributed by atoms with Crippen molar-refractivity contribution < 1.29 is 4.42 Å². The van der Waals surface area contributed by atoms with Gasteiger partial charge >= 0.3 is 0 Å². The number of nitrogens with zero attached hydrogens (tertiary/aromatic N) is 1. The second-order valence-electron chi connectivity index (χ2n) is 15.6. The number of fused-ring (bicyclic) bond motifs is 7. The van der Waals surface area contributed by atoms with Gasteiger partial charge in [0.05, 0.1) is 5.69 Å². The molecule has 0 aliphatic heterocycles. The molecular weight excluding hydrogens is 759 g/mol. The molecule has 10 aromatic carbocycles. The first kappa shape index (κ1) is 35.2. The third-order valence-electron chi connectivity index (χ3n) is 12.1. The van der Waals surface area contributed by atoms with E-state index in [2.05, 4.69) is 217 Å². The maximum absolute atomic E-state index is 6.16. The van der Waals surface area contributed by atoms with Gasteiger partial charge in [0, 0.05) is 47.9 Å². The second kappa shape index (κ2) is 14.5. The molecule has 0 fully saturated rings. The summed E-state index contributed by atoms with van der Waals surface area (Å²) in [5, 5.41) is 7.35. The Morgan fingerprint density at radius 1 is 0.328 bits per heavy atom. The van der Waals surface area contributed by atoms with Gasteiger partial charge in [-0.05, 0) is 110 Å². The molecule has 0 unspecified atom stereocenters. The minimum absolute atomic E-state index is 0.903. The molecule has 0 bridgehead atoms. The van der Waals surface area contributed by atoms with E-state index in [-0.39, 0.29) is 0 Å². The molecule has 0 aliphatic carbocycles. The van der Waals surface area contributed by atoms with E-state index < -0.39 is 0 Å². The van der Waals surface area contributed by atoms with Crippen LogP contribution < -0.4 is 4.90 Å². The number of para-hydroxylation sites is 2. The summed E-state index contributed by atoms with van der Waals surface area (Å²) in [6.45, 7) is 0. The van der Waals surface area contributed by atoms with Crippen LogP contribution in [0.1, 0.15) is 0 Å². The molecule has 2 heterocycles. The predicted molar refractivity (Wildman–Crippen MR) is 261 cm³/mol. The summed E-state index contributed by atoms with van der Waals surface area (Å²) >= 11 is 1.86. The van der Waals surface area contributed by atoms with Crippen LogP contribution in [0.2, 0.25) is 0 Å². The van der Waals surface area contributed by atoms with Gasteiger partial charge in [-0.25, -0.2) is 0 Å². The Labute approximate surface area is 357 Å². The predicted octanol–water partition coefficient (Wildman–Crippen LogP) is 17.2. The highest BCUT2D eigenvalue weighted by Gasteiger charge is 2.21. The van der Waals surface area contributed by atoms with Gasteiger partial charge in [-0.15, -0.1) is 11.3 Å². The second-order valence-corrected chi connectivity index (χ2v) is 16.7. The fourth-order valence-electron chi connectivity index (χ4n) is 9.26. The van der Waals surface area contributed by atoms with Crippen molar-refractivity contribution in [2.24, 2.45) is 0 Å². The fraction of sp³-hybridized carbons (Fsp3) is 0.